The van der Waals surface area contributed by atoms with Crippen LogP contribution in [0.15, 0.2) is 5.10 Å². The molecule has 0 N–H and O–H groups in total. The Hall–Kier alpha value is 0.0700. The molecule has 1 heterocycles. The van der Waals surface area contributed by atoms with Crippen LogP contribution in [0.4, 0.5) is 4.39 Å². The Bertz CT molecular complexity index is 216. The van der Waals surface area contributed by atoms with Gasteiger partial charge < -0.3 is 0 Å². The smallest absolute Gasteiger partial charge is 0.267 e. The Morgan fingerprint density at radius 1 is 1.46 bits per heavy atom. The quantitative estimate of drug-likeness (QED) is 0.524. The number of halogens is 4. The van der Waals surface area contributed by atoms with Crippen molar-refractivity contribution in [3.63, 3.8) is 0 Å². The summed E-state index contributed by atoms with van der Waals surface area (Å²) in [5.41, 5.74) is 0. The molecule has 0 amide bonds. The number of nitrogens with zero attached hydrogens (tertiary/aromatic N) is 3. The van der Waals surface area contributed by atoms with Crippen molar-refractivity contribution in [1.82, 2.24) is 9.91 Å². The second kappa shape index (κ2) is 3.67. The Morgan fingerprint density at radius 3 is 2.23 bits per heavy atom. The minimum absolute atomic E-state index is 0.0800. The van der Waals surface area contributed by atoms with Crippen LogP contribution in [0.25, 0.3) is 0 Å². The number of rotatable bonds is 1. The van der Waals surface area contributed by atoms with Crippen LogP contribution in [0.5, 0.6) is 0 Å². The fraction of sp³-hybridized carbons (Fsp3) is 0.833. The molecule has 0 aromatic rings. The summed E-state index contributed by atoms with van der Waals surface area (Å²) in [4.78, 5) is 0.914. The lowest BCUT2D eigenvalue weighted by Gasteiger charge is -2.30. The van der Waals surface area contributed by atoms with Crippen LogP contribution in [0, 0.1) is 0 Å². The standard InChI is InChI=1S/C6H9Cl3FN3/c1-4(2)13-5(10)12(3-11-13)6(7,8)9/h3-5H,1-2H3. The van der Waals surface area contributed by atoms with Crippen LogP contribution < -0.4 is 0 Å². The van der Waals surface area contributed by atoms with E-state index >= 15 is 0 Å². The molecule has 1 atom stereocenters. The summed E-state index contributed by atoms with van der Waals surface area (Å²) in [5.74, 6) is 0. The molecule has 0 bridgehead atoms. The van der Waals surface area contributed by atoms with E-state index in [1.807, 2.05) is 0 Å². The average Bonchev–Trinajstić information content (AvgIpc) is 2.28. The number of hydrogen-bond donors (Lipinski definition) is 0. The first-order valence-corrected chi connectivity index (χ1v) is 4.79. The van der Waals surface area contributed by atoms with Gasteiger partial charge in [-0.3, -0.25) is 4.90 Å². The highest BCUT2D eigenvalue weighted by molar-refractivity contribution is 6.67. The zero-order valence-electron chi connectivity index (χ0n) is 7.09. The lowest BCUT2D eigenvalue weighted by Crippen LogP contribution is -2.44. The van der Waals surface area contributed by atoms with E-state index in [4.69, 9.17) is 34.8 Å². The molecule has 0 aliphatic carbocycles. The molecule has 1 rings (SSSR count). The number of hydrazone groups is 1. The van der Waals surface area contributed by atoms with Crippen molar-refractivity contribution < 1.29 is 4.39 Å². The van der Waals surface area contributed by atoms with Gasteiger partial charge in [-0.15, -0.1) is 0 Å². The Morgan fingerprint density at radius 2 is 2.00 bits per heavy atom. The van der Waals surface area contributed by atoms with Gasteiger partial charge >= 0.3 is 0 Å². The minimum Gasteiger partial charge on any atom is -0.267 e. The highest BCUT2D eigenvalue weighted by atomic mass is 35.6. The maximum absolute atomic E-state index is 13.5. The predicted molar refractivity (Wildman–Crippen MR) is 52.5 cm³/mol. The third kappa shape index (κ3) is 2.30. The molecular weight excluding hydrogens is 239 g/mol. The fourth-order valence-electron chi connectivity index (χ4n) is 0.918. The minimum atomic E-state index is -1.80. The van der Waals surface area contributed by atoms with E-state index in [9.17, 15) is 4.39 Å². The van der Waals surface area contributed by atoms with Crippen molar-refractivity contribution in [1.29, 1.82) is 0 Å². The van der Waals surface area contributed by atoms with Crippen LogP contribution in [-0.2, 0) is 0 Å². The van der Waals surface area contributed by atoms with Crippen molar-refractivity contribution in [2.75, 3.05) is 0 Å². The molecular formula is C6H9Cl3FN3. The third-order valence-electron chi connectivity index (χ3n) is 1.58. The Kier molecular flexibility index (Phi) is 3.15. The predicted octanol–water partition coefficient (Wildman–Crippen LogP) is 2.54. The number of hydrogen-bond acceptors (Lipinski definition) is 3. The van der Waals surface area contributed by atoms with E-state index in [-0.39, 0.29) is 6.04 Å². The molecule has 0 saturated carbocycles. The Balaban J connectivity index is 2.72. The molecule has 13 heavy (non-hydrogen) atoms. The van der Waals surface area contributed by atoms with E-state index in [1.165, 1.54) is 11.3 Å². The van der Waals surface area contributed by atoms with Gasteiger partial charge in [-0.2, -0.15) is 9.49 Å². The summed E-state index contributed by atoms with van der Waals surface area (Å²) < 4.78 is 11.7. The largest absolute Gasteiger partial charge is 0.272 e. The van der Waals surface area contributed by atoms with E-state index in [0.717, 1.165) is 4.90 Å². The summed E-state index contributed by atoms with van der Waals surface area (Å²) >= 11 is 16.5. The SMILES string of the molecule is CC(C)N1N=CN(C(Cl)(Cl)Cl)C1F. The van der Waals surface area contributed by atoms with Gasteiger partial charge in [0.25, 0.3) is 10.3 Å². The van der Waals surface area contributed by atoms with Crippen LogP contribution >= 0.6 is 34.8 Å². The normalized spacial score (nSPS) is 23.5. The topological polar surface area (TPSA) is 18.8 Å². The van der Waals surface area contributed by atoms with Gasteiger partial charge in [0.15, 0.2) is 0 Å². The van der Waals surface area contributed by atoms with Crippen molar-refractivity contribution in [3.8, 4) is 0 Å². The fourth-order valence-corrected chi connectivity index (χ4v) is 1.29. The van der Waals surface area contributed by atoms with Crippen molar-refractivity contribution in [2.24, 2.45) is 5.10 Å². The van der Waals surface area contributed by atoms with Gasteiger partial charge in [0.05, 0.1) is 0 Å². The summed E-state index contributed by atoms with van der Waals surface area (Å²) in [6.45, 7) is 3.59. The molecule has 0 saturated heterocycles. The monoisotopic (exact) mass is 247 g/mol. The molecule has 3 nitrogen and oxygen atoms in total. The van der Waals surface area contributed by atoms with Gasteiger partial charge in [-0.25, -0.2) is 5.01 Å². The summed E-state index contributed by atoms with van der Waals surface area (Å²) in [5, 5.41) is 4.98. The maximum Gasteiger partial charge on any atom is 0.272 e. The lowest BCUT2D eigenvalue weighted by molar-refractivity contribution is -0.00611. The molecule has 1 unspecified atom stereocenters. The summed E-state index contributed by atoms with van der Waals surface area (Å²) in [6.07, 6.45) is -0.343. The molecule has 0 aromatic heterocycles. The second-order valence-corrected chi connectivity index (χ2v) is 5.11. The van der Waals surface area contributed by atoms with Gasteiger partial charge in [-0.05, 0) is 13.8 Å². The first kappa shape index (κ1) is 11.1. The molecule has 1 aliphatic heterocycles. The highest BCUT2D eigenvalue weighted by Crippen LogP contribution is 2.35. The van der Waals surface area contributed by atoms with Crippen LogP contribution in [0.3, 0.4) is 0 Å². The third-order valence-corrected chi connectivity index (χ3v) is 2.16. The van der Waals surface area contributed by atoms with Gasteiger partial charge in [0.2, 0.25) is 0 Å². The molecule has 7 heteroatoms. The zero-order chi connectivity index (χ0) is 10.2. The van der Waals surface area contributed by atoms with Crippen molar-refractivity contribution >= 4 is 41.1 Å². The van der Waals surface area contributed by atoms with E-state index in [2.05, 4.69) is 5.10 Å². The molecule has 0 aromatic carbocycles. The first-order chi connectivity index (χ1) is 5.84. The van der Waals surface area contributed by atoms with Crippen LogP contribution in [0.2, 0.25) is 0 Å². The van der Waals surface area contributed by atoms with Gasteiger partial charge in [-0.1, -0.05) is 34.8 Å². The summed E-state index contributed by atoms with van der Waals surface area (Å²) in [7, 11) is 0. The zero-order valence-corrected chi connectivity index (χ0v) is 9.35. The second-order valence-electron chi connectivity index (χ2n) is 2.89. The molecule has 0 spiro atoms. The first-order valence-electron chi connectivity index (χ1n) is 3.65. The van der Waals surface area contributed by atoms with Gasteiger partial charge in [0.1, 0.15) is 6.34 Å². The van der Waals surface area contributed by atoms with E-state index in [1.54, 1.807) is 13.8 Å². The van der Waals surface area contributed by atoms with Gasteiger partial charge in [0, 0.05) is 6.04 Å². The molecule has 1 aliphatic rings. The van der Waals surface area contributed by atoms with E-state index < -0.39 is 10.3 Å². The maximum atomic E-state index is 13.5. The van der Waals surface area contributed by atoms with Crippen molar-refractivity contribution in [3.05, 3.63) is 0 Å². The lowest BCUT2D eigenvalue weighted by atomic mass is 10.4. The molecule has 0 radical (unpaired) electrons. The average molecular weight is 249 g/mol. The number of alkyl halides is 4. The van der Waals surface area contributed by atoms with E-state index in [0.29, 0.717) is 0 Å². The van der Waals surface area contributed by atoms with Crippen molar-refractivity contribution in [2.45, 2.75) is 30.2 Å². The Labute approximate surface area is 91.0 Å². The summed E-state index contributed by atoms with van der Waals surface area (Å²) in [6, 6.07) is -0.0800. The van der Waals surface area contributed by atoms with Crippen LogP contribution in [-0.4, -0.2) is 32.6 Å². The highest BCUT2D eigenvalue weighted by Gasteiger charge is 2.40. The molecule has 0 fully saturated rings. The molecule has 76 valence electrons. The van der Waals surface area contributed by atoms with Crippen LogP contribution in [0.1, 0.15) is 13.8 Å².